The van der Waals surface area contributed by atoms with Gasteiger partial charge in [0.05, 0.1) is 21.5 Å². The van der Waals surface area contributed by atoms with Crippen LogP contribution in [0.25, 0.3) is 15.9 Å². The summed E-state index contributed by atoms with van der Waals surface area (Å²) in [4.78, 5) is 17.5. The number of hydrogen-bond acceptors (Lipinski definition) is 6. The molecule has 1 aliphatic heterocycles. The smallest absolute Gasteiger partial charge is 0.192 e. The van der Waals surface area contributed by atoms with E-state index < -0.39 is 0 Å². The highest BCUT2D eigenvalue weighted by atomic mass is 32.1. The van der Waals surface area contributed by atoms with Crippen molar-refractivity contribution in [2.45, 2.75) is 58.7 Å². The van der Waals surface area contributed by atoms with Gasteiger partial charge < -0.3 is 10.2 Å². The van der Waals surface area contributed by atoms with Crippen molar-refractivity contribution < 1.29 is 10.2 Å². The normalized spacial score (nSPS) is 17.8. The van der Waals surface area contributed by atoms with Gasteiger partial charge in [0.15, 0.2) is 18.1 Å². The number of fused-ring (bicyclic) bond motifs is 5. The van der Waals surface area contributed by atoms with Crippen molar-refractivity contribution in [3.63, 3.8) is 0 Å². The lowest BCUT2D eigenvalue weighted by atomic mass is 9.82. The number of benzene rings is 1. The van der Waals surface area contributed by atoms with Gasteiger partial charge in [0.2, 0.25) is 0 Å². The Labute approximate surface area is 185 Å². The number of nitrogens with two attached hydrogens (primary N) is 1. The largest absolute Gasteiger partial charge is 0.387 e. The van der Waals surface area contributed by atoms with Gasteiger partial charge in [-0.1, -0.05) is 35.5 Å². The Bertz CT molecular complexity index is 1300. The Morgan fingerprint density at radius 1 is 1.23 bits per heavy atom. The summed E-state index contributed by atoms with van der Waals surface area (Å²) in [6, 6.07) is 9.97. The number of hydrogen-bond donors (Lipinski definition) is 1. The van der Waals surface area contributed by atoms with Crippen LogP contribution in [0.5, 0.6) is 0 Å². The molecule has 8 heteroatoms. The number of oxime groups is 1. The van der Waals surface area contributed by atoms with Crippen LogP contribution in [0.2, 0.25) is 0 Å². The highest BCUT2D eigenvalue weighted by Crippen LogP contribution is 2.40. The van der Waals surface area contributed by atoms with Crippen molar-refractivity contribution in [2.24, 2.45) is 5.16 Å². The van der Waals surface area contributed by atoms with Crippen LogP contribution in [0, 0.1) is 0 Å². The molecule has 5 rings (SSSR count). The molecule has 0 fully saturated rings. The highest BCUT2D eigenvalue weighted by molar-refractivity contribution is 7.19. The van der Waals surface area contributed by atoms with Crippen molar-refractivity contribution in [1.29, 1.82) is 0 Å². The Morgan fingerprint density at radius 3 is 2.77 bits per heavy atom. The molecule has 0 aliphatic carbocycles. The van der Waals surface area contributed by atoms with E-state index in [0.717, 1.165) is 33.6 Å². The maximum Gasteiger partial charge on any atom is 0.192 e. The Balaban J connectivity index is 1.49. The minimum atomic E-state index is 0.00901. The van der Waals surface area contributed by atoms with Crippen molar-refractivity contribution in [3.05, 3.63) is 58.5 Å². The van der Waals surface area contributed by atoms with E-state index in [4.69, 9.17) is 9.82 Å². The molecule has 3 aromatic heterocycles. The van der Waals surface area contributed by atoms with Gasteiger partial charge in [-0.05, 0) is 45.7 Å². The van der Waals surface area contributed by atoms with Crippen LogP contribution in [0.15, 0.2) is 41.8 Å². The van der Waals surface area contributed by atoms with Crippen LogP contribution in [-0.2, 0) is 23.4 Å². The molecular weight excluding hydrogens is 408 g/mol. The molecule has 4 heterocycles. The summed E-state index contributed by atoms with van der Waals surface area (Å²) in [7, 11) is 0. The molecule has 0 radical (unpaired) electrons. The average Bonchev–Trinajstić information content (AvgIpc) is 3.28. The van der Waals surface area contributed by atoms with Crippen molar-refractivity contribution in [3.8, 4) is 0 Å². The van der Waals surface area contributed by atoms with Crippen molar-refractivity contribution >= 4 is 32.9 Å². The molecule has 0 amide bonds. The zero-order chi connectivity index (χ0) is 21.8. The number of aromatic nitrogens is 4. The summed E-state index contributed by atoms with van der Waals surface area (Å²) in [6.45, 7) is 11.3. The Morgan fingerprint density at radius 2 is 2.00 bits per heavy atom. The Hall–Kier alpha value is -2.84. The molecule has 160 valence electrons. The third kappa shape index (κ3) is 3.59. The van der Waals surface area contributed by atoms with Gasteiger partial charge in [-0.15, -0.1) is 16.4 Å². The Kier molecular flexibility index (Phi) is 4.60. The van der Waals surface area contributed by atoms with E-state index in [9.17, 15) is 0 Å². The third-order valence-corrected chi connectivity index (χ3v) is 7.21. The summed E-state index contributed by atoms with van der Waals surface area (Å²) in [5, 5.41) is 12.4. The maximum atomic E-state index is 5.56. The van der Waals surface area contributed by atoms with Crippen LogP contribution in [0.1, 0.15) is 56.4 Å². The fraction of sp³-hybridized carbons (Fsp3) is 0.391. The second kappa shape index (κ2) is 7.10. The summed E-state index contributed by atoms with van der Waals surface area (Å²) in [5.41, 5.74) is 4.18. The summed E-state index contributed by atoms with van der Waals surface area (Å²) < 4.78 is 1.76. The lowest BCUT2D eigenvalue weighted by Crippen LogP contribution is -3.03. The van der Waals surface area contributed by atoms with Crippen molar-refractivity contribution in [2.75, 3.05) is 0 Å². The SMILES string of the molecule is C/C(=N/OCc1nc2c3c4c(sc3ncn2n1)C(C)(C)[NH2+]C(C)(C)C4)c1ccccc1. The lowest BCUT2D eigenvalue weighted by Gasteiger charge is -2.38. The molecule has 2 N–H and O–H groups in total. The quantitative estimate of drug-likeness (QED) is 0.393. The van der Waals surface area contributed by atoms with E-state index in [1.807, 2.05) is 37.3 Å². The van der Waals surface area contributed by atoms with Gasteiger partial charge in [0.1, 0.15) is 16.7 Å². The predicted molar refractivity (Wildman–Crippen MR) is 122 cm³/mol. The molecule has 1 aliphatic rings. The molecule has 0 unspecified atom stereocenters. The fourth-order valence-electron chi connectivity index (χ4n) is 4.72. The van der Waals surface area contributed by atoms with Gasteiger partial charge in [0.25, 0.3) is 0 Å². The van der Waals surface area contributed by atoms with Crippen molar-refractivity contribution in [1.82, 2.24) is 19.6 Å². The molecular formula is C23H27N6OS+. The molecule has 4 aromatic rings. The first-order valence-electron chi connectivity index (χ1n) is 10.5. The molecule has 0 atom stereocenters. The zero-order valence-corrected chi connectivity index (χ0v) is 19.3. The van der Waals surface area contributed by atoms with Gasteiger partial charge >= 0.3 is 0 Å². The first-order valence-corrected chi connectivity index (χ1v) is 11.3. The minimum Gasteiger partial charge on any atom is -0.387 e. The van der Waals surface area contributed by atoms with Crippen LogP contribution >= 0.6 is 11.3 Å². The summed E-state index contributed by atoms with van der Waals surface area (Å²) in [5.74, 6) is 0.597. The maximum absolute atomic E-state index is 5.56. The van der Waals surface area contributed by atoms with E-state index in [-0.39, 0.29) is 17.7 Å². The average molecular weight is 436 g/mol. The topological polar surface area (TPSA) is 81.3 Å². The molecule has 1 aromatic carbocycles. The van der Waals surface area contributed by atoms with Crippen LogP contribution in [-0.4, -0.2) is 30.8 Å². The number of nitrogens with zero attached hydrogens (tertiary/aromatic N) is 5. The van der Waals surface area contributed by atoms with E-state index in [2.05, 4.69) is 48.3 Å². The fourth-order valence-corrected chi connectivity index (χ4v) is 5.95. The molecule has 31 heavy (non-hydrogen) atoms. The molecule has 0 saturated carbocycles. The van der Waals surface area contributed by atoms with Gasteiger partial charge in [0, 0.05) is 6.42 Å². The first kappa shape index (κ1) is 20.1. The second-order valence-electron chi connectivity index (χ2n) is 9.48. The lowest BCUT2D eigenvalue weighted by molar-refractivity contribution is -0.789. The minimum absolute atomic E-state index is 0.00901. The molecule has 0 bridgehead atoms. The standard InChI is InChI=1S/C23H26N6OS/c1-14(15-9-7-6-8-10-15)27-30-12-17-25-20-18-16-11-22(2,3)28-23(4,5)19(16)31-21(18)24-13-29(20)26-17/h6-10,13,28H,11-12H2,1-5H3/p+1/b27-14-. The monoisotopic (exact) mass is 435 g/mol. The van der Waals surface area contributed by atoms with Gasteiger partial charge in [-0.2, -0.15) is 0 Å². The first-order chi connectivity index (χ1) is 14.7. The number of quaternary nitrogens is 1. The number of thiophene rings is 1. The highest BCUT2D eigenvalue weighted by Gasteiger charge is 2.43. The van der Waals surface area contributed by atoms with E-state index in [0.29, 0.717) is 5.82 Å². The summed E-state index contributed by atoms with van der Waals surface area (Å²) >= 11 is 1.77. The number of rotatable bonds is 4. The van der Waals surface area contributed by atoms with Crippen LogP contribution < -0.4 is 5.32 Å². The third-order valence-electron chi connectivity index (χ3n) is 5.73. The molecule has 7 nitrogen and oxygen atoms in total. The molecule has 0 spiro atoms. The predicted octanol–water partition coefficient (Wildman–Crippen LogP) is 3.41. The van der Waals surface area contributed by atoms with E-state index >= 15 is 0 Å². The van der Waals surface area contributed by atoms with Gasteiger partial charge in [-0.25, -0.2) is 14.5 Å². The van der Waals surface area contributed by atoms with Crippen LogP contribution in [0.4, 0.5) is 0 Å². The van der Waals surface area contributed by atoms with Gasteiger partial charge in [-0.3, -0.25) is 0 Å². The van der Waals surface area contributed by atoms with E-state index in [1.165, 1.54) is 10.4 Å². The van der Waals surface area contributed by atoms with Crippen LogP contribution in [0.3, 0.4) is 0 Å². The molecule has 0 saturated heterocycles. The zero-order valence-electron chi connectivity index (χ0n) is 18.5. The van der Waals surface area contributed by atoms with E-state index in [1.54, 1.807) is 22.2 Å². The summed E-state index contributed by atoms with van der Waals surface area (Å²) in [6.07, 6.45) is 2.73. The second-order valence-corrected chi connectivity index (χ2v) is 10.5.